The van der Waals surface area contributed by atoms with Crippen LogP contribution < -0.4 is 11.5 Å². The van der Waals surface area contributed by atoms with Gasteiger partial charge < -0.3 is 21.7 Å². The molecule has 0 aliphatic carbocycles. The Bertz CT molecular complexity index is 741. The first kappa shape index (κ1) is 31.6. The molecule has 0 aromatic heterocycles. The topological polar surface area (TPSA) is 156 Å². The van der Waals surface area contributed by atoms with Gasteiger partial charge in [0.05, 0.1) is 12.1 Å². The number of allylic oxidation sites excluding steroid dienone is 5. The summed E-state index contributed by atoms with van der Waals surface area (Å²) < 4.78 is 0. The smallest absolute Gasteiger partial charge is 0.303 e. The van der Waals surface area contributed by atoms with E-state index < -0.39 is 24.0 Å². The zero-order chi connectivity index (χ0) is 25.8. The van der Waals surface area contributed by atoms with Crippen LogP contribution in [0.2, 0.25) is 0 Å². The highest BCUT2D eigenvalue weighted by Gasteiger charge is 2.13. The fourth-order valence-electron chi connectivity index (χ4n) is 3.15. The summed E-state index contributed by atoms with van der Waals surface area (Å²) in [7, 11) is 0. The number of amides is 1. The molecular weight excluding hydrogens is 434 g/mol. The molecule has 34 heavy (non-hydrogen) atoms. The summed E-state index contributed by atoms with van der Waals surface area (Å²) >= 11 is 0. The molecule has 0 aliphatic heterocycles. The number of hydrogen-bond donors (Lipinski definition) is 4. The summed E-state index contributed by atoms with van der Waals surface area (Å²) in [5.41, 5.74) is 12.3. The summed E-state index contributed by atoms with van der Waals surface area (Å²) in [6.45, 7) is 4.06. The van der Waals surface area contributed by atoms with Gasteiger partial charge in [-0.2, -0.15) is 0 Å². The van der Waals surface area contributed by atoms with Crippen molar-refractivity contribution >= 4 is 23.9 Å². The Balaban J connectivity index is 5.58. The van der Waals surface area contributed by atoms with Gasteiger partial charge in [-0.25, -0.2) is 4.99 Å². The Labute approximate surface area is 203 Å². The van der Waals surface area contributed by atoms with Crippen LogP contribution in [-0.2, 0) is 14.4 Å². The van der Waals surface area contributed by atoms with Gasteiger partial charge in [-0.1, -0.05) is 56.9 Å². The molecule has 0 fully saturated rings. The maximum absolute atomic E-state index is 12.4. The monoisotopic (exact) mass is 477 g/mol. The Morgan fingerprint density at radius 3 is 2.35 bits per heavy atom. The molecule has 0 rings (SSSR count). The second-order valence-electron chi connectivity index (χ2n) is 8.36. The Hall–Kier alpha value is -2.42. The molecule has 8 nitrogen and oxygen atoms in total. The first-order valence-corrected chi connectivity index (χ1v) is 12.2. The average molecular weight is 478 g/mol. The molecule has 0 radical (unpaired) electrons. The maximum atomic E-state index is 12.4. The SMILES string of the molecule is CCCCCC(O)/C=C/C(C=NC(=O)[C@@H](N)CCCCN)=C(\C/C=C\CCCC(=O)O)C(C)=O. The van der Waals surface area contributed by atoms with Gasteiger partial charge in [0.2, 0.25) is 0 Å². The van der Waals surface area contributed by atoms with Crippen LogP contribution in [0, 0.1) is 0 Å². The number of aliphatic carboxylic acids is 1. The number of nitrogens with two attached hydrogens (primary N) is 2. The van der Waals surface area contributed by atoms with E-state index in [9.17, 15) is 19.5 Å². The van der Waals surface area contributed by atoms with Crippen molar-refractivity contribution in [3.63, 3.8) is 0 Å². The van der Waals surface area contributed by atoms with E-state index in [1.807, 2.05) is 6.08 Å². The number of aliphatic hydroxyl groups excluding tert-OH is 1. The fourth-order valence-corrected chi connectivity index (χ4v) is 3.15. The third-order valence-corrected chi connectivity index (χ3v) is 5.24. The third-order valence-electron chi connectivity index (χ3n) is 5.24. The molecule has 6 N–H and O–H groups in total. The minimum absolute atomic E-state index is 0.0873. The standard InChI is InChI=1S/C26H43N3O5/c1-3-4-7-12-22(31)17-16-21(19-29-26(34)24(28)14-10-11-18-27)23(20(2)30)13-8-5-6-9-15-25(32)33/h5,8,16-17,19,22,24,31H,3-4,6-7,9-15,18,27-28H2,1-2H3,(H,32,33)/b8-5-,17-16+,23-21-,29-19?/t22?,24-/m0/s1. The lowest BCUT2D eigenvalue weighted by molar-refractivity contribution is -0.137. The molecule has 1 amide bonds. The molecular formula is C26H43N3O5. The van der Waals surface area contributed by atoms with E-state index >= 15 is 0 Å². The fraction of sp³-hybridized carbons (Fsp3) is 0.615. The number of carbonyl (C=O) groups excluding carboxylic acids is 2. The quantitative estimate of drug-likeness (QED) is 0.0727. The number of aliphatic hydroxyl groups is 1. The van der Waals surface area contributed by atoms with Crippen molar-refractivity contribution in [2.24, 2.45) is 16.5 Å². The lowest BCUT2D eigenvalue weighted by atomic mass is 10.00. The highest BCUT2D eigenvalue weighted by atomic mass is 16.4. The number of ketones is 1. The van der Waals surface area contributed by atoms with E-state index in [0.717, 1.165) is 32.1 Å². The summed E-state index contributed by atoms with van der Waals surface area (Å²) in [5, 5.41) is 19.0. The molecule has 1 unspecified atom stereocenters. The molecule has 0 heterocycles. The highest BCUT2D eigenvalue weighted by molar-refractivity contribution is 6.04. The molecule has 0 aliphatic rings. The van der Waals surface area contributed by atoms with Gasteiger partial charge in [0.1, 0.15) is 0 Å². The van der Waals surface area contributed by atoms with Crippen LogP contribution in [0.25, 0.3) is 0 Å². The van der Waals surface area contributed by atoms with Crippen molar-refractivity contribution in [1.82, 2.24) is 0 Å². The third kappa shape index (κ3) is 16.2. The van der Waals surface area contributed by atoms with E-state index in [2.05, 4.69) is 11.9 Å². The molecule has 0 aromatic rings. The lowest BCUT2D eigenvalue weighted by Crippen LogP contribution is -2.29. The minimum atomic E-state index is -0.843. The predicted molar refractivity (Wildman–Crippen MR) is 137 cm³/mol. The van der Waals surface area contributed by atoms with Crippen molar-refractivity contribution in [2.75, 3.05) is 6.54 Å². The summed E-state index contributed by atoms with van der Waals surface area (Å²) in [4.78, 5) is 39.3. The van der Waals surface area contributed by atoms with Crippen LogP contribution in [0.5, 0.6) is 0 Å². The van der Waals surface area contributed by atoms with E-state index in [-0.39, 0.29) is 12.2 Å². The summed E-state index contributed by atoms with van der Waals surface area (Å²) in [6.07, 6.45) is 14.6. The predicted octanol–water partition coefficient (Wildman–Crippen LogP) is 3.62. The number of carbonyl (C=O) groups is 3. The lowest BCUT2D eigenvalue weighted by Gasteiger charge is -2.09. The van der Waals surface area contributed by atoms with Crippen molar-refractivity contribution in [3.05, 3.63) is 35.5 Å². The van der Waals surface area contributed by atoms with E-state index in [0.29, 0.717) is 49.8 Å². The minimum Gasteiger partial charge on any atom is -0.481 e. The normalized spacial score (nSPS) is 14.6. The van der Waals surface area contributed by atoms with Crippen molar-refractivity contribution in [1.29, 1.82) is 0 Å². The second-order valence-corrected chi connectivity index (χ2v) is 8.36. The van der Waals surface area contributed by atoms with Crippen molar-refractivity contribution in [2.45, 2.75) is 96.6 Å². The molecule has 192 valence electrons. The molecule has 2 atom stereocenters. The van der Waals surface area contributed by atoms with Crippen LogP contribution in [0.3, 0.4) is 0 Å². The maximum Gasteiger partial charge on any atom is 0.303 e. The Morgan fingerprint density at radius 1 is 1.03 bits per heavy atom. The Morgan fingerprint density at radius 2 is 1.74 bits per heavy atom. The van der Waals surface area contributed by atoms with Crippen LogP contribution in [0.1, 0.15) is 84.5 Å². The van der Waals surface area contributed by atoms with Crippen LogP contribution >= 0.6 is 0 Å². The van der Waals surface area contributed by atoms with Gasteiger partial charge in [0.15, 0.2) is 5.78 Å². The number of rotatable bonds is 19. The average Bonchev–Trinajstić information content (AvgIpc) is 2.78. The van der Waals surface area contributed by atoms with Crippen LogP contribution in [0.15, 0.2) is 40.4 Å². The summed E-state index contributed by atoms with van der Waals surface area (Å²) in [5.74, 6) is -1.50. The van der Waals surface area contributed by atoms with E-state index in [4.69, 9.17) is 16.6 Å². The first-order valence-electron chi connectivity index (χ1n) is 12.2. The molecule has 0 bridgehead atoms. The van der Waals surface area contributed by atoms with Gasteiger partial charge in [-0.05, 0) is 57.6 Å². The van der Waals surface area contributed by atoms with Gasteiger partial charge in [0, 0.05) is 18.2 Å². The van der Waals surface area contributed by atoms with Gasteiger partial charge in [0.25, 0.3) is 5.91 Å². The molecule has 0 spiro atoms. The Kier molecular flexibility index (Phi) is 18.6. The van der Waals surface area contributed by atoms with Gasteiger partial charge in [-0.15, -0.1) is 0 Å². The van der Waals surface area contributed by atoms with E-state index in [1.54, 1.807) is 18.2 Å². The number of Topliss-reactive ketones (excluding diaryl/α,β-unsaturated/α-hetero) is 1. The number of carboxylic acid groups (broad SMARTS) is 1. The molecule has 8 heteroatoms. The van der Waals surface area contributed by atoms with Crippen LogP contribution in [0.4, 0.5) is 0 Å². The molecule has 0 aromatic carbocycles. The van der Waals surface area contributed by atoms with Gasteiger partial charge >= 0.3 is 5.97 Å². The van der Waals surface area contributed by atoms with Gasteiger partial charge in [-0.3, -0.25) is 14.4 Å². The van der Waals surface area contributed by atoms with Crippen molar-refractivity contribution < 1.29 is 24.6 Å². The number of unbranched alkanes of at least 4 members (excludes halogenated alkanes) is 4. The van der Waals surface area contributed by atoms with E-state index in [1.165, 1.54) is 13.1 Å². The number of aliphatic imine (C=N–C) groups is 1. The first-order chi connectivity index (χ1) is 16.2. The highest BCUT2D eigenvalue weighted by Crippen LogP contribution is 2.14. The number of nitrogens with zero attached hydrogens (tertiary/aromatic N) is 1. The zero-order valence-electron chi connectivity index (χ0n) is 20.7. The summed E-state index contributed by atoms with van der Waals surface area (Å²) in [6, 6.07) is -0.734. The molecule has 0 saturated heterocycles. The van der Waals surface area contributed by atoms with Crippen molar-refractivity contribution in [3.8, 4) is 0 Å². The molecule has 0 saturated carbocycles. The largest absolute Gasteiger partial charge is 0.481 e. The number of carboxylic acids is 1. The van der Waals surface area contributed by atoms with Crippen LogP contribution in [-0.4, -0.2) is 52.8 Å². The zero-order valence-corrected chi connectivity index (χ0v) is 20.7. The number of hydrogen-bond acceptors (Lipinski definition) is 6. The second kappa shape index (κ2) is 20.0.